The summed E-state index contributed by atoms with van der Waals surface area (Å²) in [5.41, 5.74) is 2.10. The third-order valence-electron chi connectivity index (χ3n) is 5.91. The van der Waals surface area contributed by atoms with Crippen LogP contribution in [0.15, 0.2) is 48.8 Å². The largest absolute Gasteiger partial charge is 0.355 e. The summed E-state index contributed by atoms with van der Waals surface area (Å²) >= 11 is 0. The molecule has 2 aliphatic rings. The Hall–Kier alpha value is -3.60. The van der Waals surface area contributed by atoms with Crippen molar-refractivity contribution < 1.29 is 4.79 Å². The minimum atomic E-state index is 0.189. The van der Waals surface area contributed by atoms with Gasteiger partial charge in [-0.3, -0.25) is 4.98 Å². The first-order chi connectivity index (χ1) is 14.8. The van der Waals surface area contributed by atoms with E-state index in [2.05, 4.69) is 44.0 Å². The number of nitrogens with zero attached hydrogens (tertiary/aromatic N) is 7. The van der Waals surface area contributed by atoms with Gasteiger partial charge in [-0.25, -0.2) is 9.97 Å². The number of pyridine rings is 1. The number of carbonyl (C=O) groups excluding carboxylic acids is 1. The van der Waals surface area contributed by atoms with Crippen molar-refractivity contribution in [3.63, 3.8) is 0 Å². The fourth-order valence-electron chi connectivity index (χ4n) is 4.19. The van der Waals surface area contributed by atoms with Crippen molar-refractivity contribution in [2.24, 2.45) is 5.92 Å². The van der Waals surface area contributed by atoms with E-state index < -0.39 is 0 Å². The Morgan fingerprint density at radius 1 is 0.933 bits per heavy atom. The van der Waals surface area contributed by atoms with Crippen LogP contribution in [-0.2, 0) is 4.79 Å². The Morgan fingerprint density at radius 3 is 2.43 bits per heavy atom. The SMILES string of the molecule is N#N.O=CC1CCN(c2nccnc2C2CN(c3ccc4ccccc4n3)C2)CC1. The second-order valence-corrected chi connectivity index (χ2v) is 7.69. The van der Waals surface area contributed by atoms with Crippen LogP contribution in [0, 0.1) is 16.7 Å². The molecule has 8 heteroatoms. The van der Waals surface area contributed by atoms with Gasteiger partial charge >= 0.3 is 0 Å². The molecule has 8 nitrogen and oxygen atoms in total. The van der Waals surface area contributed by atoms with Crippen LogP contribution >= 0.6 is 0 Å². The van der Waals surface area contributed by atoms with E-state index in [1.807, 2.05) is 12.1 Å². The molecule has 0 radical (unpaired) electrons. The van der Waals surface area contributed by atoms with Gasteiger partial charge in [0, 0.05) is 66.6 Å². The Labute approximate surface area is 175 Å². The fourth-order valence-corrected chi connectivity index (χ4v) is 4.19. The summed E-state index contributed by atoms with van der Waals surface area (Å²) < 4.78 is 0. The lowest BCUT2D eigenvalue weighted by atomic mass is 9.94. The lowest BCUT2D eigenvalue weighted by Crippen LogP contribution is -2.47. The molecule has 0 amide bonds. The summed E-state index contributed by atoms with van der Waals surface area (Å²) in [4.78, 5) is 29.7. The molecule has 0 saturated carbocycles. The lowest BCUT2D eigenvalue weighted by Gasteiger charge is -2.41. The number of carbonyl (C=O) groups is 1. The molecule has 0 N–H and O–H groups in total. The minimum absolute atomic E-state index is 0.189. The first-order valence-corrected chi connectivity index (χ1v) is 10.1. The number of rotatable bonds is 4. The minimum Gasteiger partial charge on any atom is -0.355 e. The standard InChI is InChI=1S/C22H23N5O.N2/c28-15-16-7-11-26(12-8-16)22-21(23-9-10-24-22)18-13-27(14-18)20-6-5-17-3-1-2-4-19(17)25-20;1-2/h1-6,9-10,15-16,18H,7-8,11-14H2;. The third-order valence-corrected chi connectivity index (χ3v) is 5.91. The summed E-state index contributed by atoms with van der Waals surface area (Å²) in [7, 11) is 0. The van der Waals surface area contributed by atoms with Crippen molar-refractivity contribution in [2.75, 3.05) is 36.0 Å². The summed E-state index contributed by atoms with van der Waals surface area (Å²) in [5, 5.41) is 13.2. The van der Waals surface area contributed by atoms with Gasteiger partial charge in [0.15, 0.2) is 5.82 Å². The van der Waals surface area contributed by atoms with Crippen LogP contribution in [0.25, 0.3) is 10.9 Å². The van der Waals surface area contributed by atoms with Gasteiger partial charge in [-0.15, -0.1) is 0 Å². The lowest BCUT2D eigenvalue weighted by molar-refractivity contribution is -0.111. The molecule has 2 aromatic heterocycles. The number of aromatic nitrogens is 3. The van der Waals surface area contributed by atoms with Crippen molar-refractivity contribution in [1.82, 2.24) is 15.0 Å². The molecule has 3 aromatic rings. The highest BCUT2D eigenvalue weighted by atomic mass is 16.1. The van der Waals surface area contributed by atoms with E-state index in [0.29, 0.717) is 5.92 Å². The maximum Gasteiger partial charge on any atom is 0.150 e. The molecular formula is C22H23N7O. The molecule has 0 bridgehead atoms. The van der Waals surface area contributed by atoms with E-state index in [0.717, 1.165) is 68.2 Å². The normalized spacial score (nSPS) is 17.1. The molecule has 152 valence electrons. The molecule has 4 heterocycles. The zero-order chi connectivity index (χ0) is 20.9. The van der Waals surface area contributed by atoms with E-state index in [-0.39, 0.29) is 5.92 Å². The molecule has 30 heavy (non-hydrogen) atoms. The van der Waals surface area contributed by atoms with Gasteiger partial charge in [0.25, 0.3) is 0 Å². The monoisotopic (exact) mass is 401 g/mol. The van der Waals surface area contributed by atoms with Crippen LogP contribution in [0.1, 0.15) is 24.5 Å². The number of benzene rings is 1. The molecule has 5 rings (SSSR count). The van der Waals surface area contributed by atoms with Gasteiger partial charge in [0.2, 0.25) is 0 Å². The van der Waals surface area contributed by atoms with E-state index in [1.165, 1.54) is 5.39 Å². The van der Waals surface area contributed by atoms with Gasteiger partial charge in [-0.05, 0) is 31.0 Å². The van der Waals surface area contributed by atoms with Crippen molar-refractivity contribution in [2.45, 2.75) is 18.8 Å². The third kappa shape index (κ3) is 3.79. The number of para-hydroxylation sites is 1. The topological polar surface area (TPSA) is 110 Å². The second-order valence-electron chi connectivity index (χ2n) is 7.69. The van der Waals surface area contributed by atoms with Crippen LogP contribution < -0.4 is 9.80 Å². The highest BCUT2D eigenvalue weighted by Crippen LogP contribution is 2.35. The van der Waals surface area contributed by atoms with Crippen LogP contribution in [0.4, 0.5) is 11.6 Å². The van der Waals surface area contributed by atoms with Crippen LogP contribution in [0.5, 0.6) is 0 Å². The van der Waals surface area contributed by atoms with E-state index in [9.17, 15) is 4.79 Å². The summed E-state index contributed by atoms with van der Waals surface area (Å²) in [6, 6.07) is 12.4. The van der Waals surface area contributed by atoms with Gasteiger partial charge < -0.3 is 14.6 Å². The Bertz CT molecular complexity index is 1040. The Morgan fingerprint density at radius 2 is 1.67 bits per heavy atom. The van der Waals surface area contributed by atoms with E-state index in [4.69, 9.17) is 15.8 Å². The zero-order valence-electron chi connectivity index (χ0n) is 16.6. The average Bonchev–Trinajstić information content (AvgIpc) is 2.80. The van der Waals surface area contributed by atoms with E-state index in [1.54, 1.807) is 12.4 Å². The molecule has 0 atom stereocenters. The number of piperidine rings is 1. The number of fused-ring (bicyclic) bond motifs is 1. The smallest absolute Gasteiger partial charge is 0.150 e. The van der Waals surface area contributed by atoms with Crippen molar-refractivity contribution >= 4 is 28.8 Å². The van der Waals surface area contributed by atoms with Crippen molar-refractivity contribution in [3.05, 3.63) is 54.5 Å². The highest BCUT2D eigenvalue weighted by molar-refractivity contribution is 5.80. The van der Waals surface area contributed by atoms with Crippen LogP contribution in [0.3, 0.4) is 0 Å². The predicted molar refractivity (Wildman–Crippen MR) is 113 cm³/mol. The Kier molecular flexibility index (Phi) is 5.80. The molecule has 1 aromatic carbocycles. The number of hydrogen-bond acceptors (Lipinski definition) is 8. The first kappa shape index (κ1) is 19.7. The summed E-state index contributed by atoms with van der Waals surface area (Å²) in [6.45, 7) is 3.55. The quantitative estimate of drug-likeness (QED) is 0.484. The van der Waals surface area contributed by atoms with Crippen LogP contribution in [0.2, 0.25) is 0 Å². The molecule has 2 saturated heterocycles. The number of aldehydes is 1. The van der Waals surface area contributed by atoms with Gasteiger partial charge in [0.1, 0.15) is 12.1 Å². The summed E-state index contributed by atoms with van der Waals surface area (Å²) in [6.07, 6.45) is 6.45. The molecule has 0 aliphatic carbocycles. The fraction of sp³-hybridized carbons (Fsp3) is 0.364. The maximum atomic E-state index is 11.0. The second kappa shape index (κ2) is 8.82. The Balaban J connectivity index is 0.00000106. The van der Waals surface area contributed by atoms with Gasteiger partial charge in [-0.1, -0.05) is 18.2 Å². The van der Waals surface area contributed by atoms with Crippen LogP contribution in [-0.4, -0.2) is 47.4 Å². The van der Waals surface area contributed by atoms with Crippen molar-refractivity contribution in [1.29, 1.82) is 10.8 Å². The molecule has 2 aliphatic heterocycles. The average molecular weight is 401 g/mol. The number of hydrogen-bond donors (Lipinski definition) is 0. The molecular weight excluding hydrogens is 378 g/mol. The number of anilines is 2. The zero-order valence-corrected chi connectivity index (χ0v) is 16.6. The molecule has 0 spiro atoms. The van der Waals surface area contributed by atoms with E-state index >= 15 is 0 Å². The van der Waals surface area contributed by atoms with Gasteiger partial charge in [0.05, 0.1) is 11.2 Å². The maximum absolute atomic E-state index is 11.0. The predicted octanol–water partition coefficient (Wildman–Crippen LogP) is 3.07. The first-order valence-electron chi connectivity index (χ1n) is 10.1. The van der Waals surface area contributed by atoms with Crippen molar-refractivity contribution in [3.8, 4) is 0 Å². The highest BCUT2D eigenvalue weighted by Gasteiger charge is 2.34. The summed E-state index contributed by atoms with van der Waals surface area (Å²) in [5.74, 6) is 2.56. The molecule has 2 fully saturated rings. The van der Waals surface area contributed by atoms with Gasteiger partial charge in [-0.2, -0.15) is 0 Å². The molecule has 0 unspecified atom stereocenters.